The van der Waals surface area contributed by atoms with Gasteiger partial charge in [0.2, 0.25) is 5.91 Å². The first kappa shape index (κ1) is 13.3. The Morgan fingerprint density at radius 3 is 2.44 bits per heavy atom. The van der Waals surface area contributed by atoms with Crippen molar-refractivity contribution in [2.75, 3.05) is 7.11 Å². The molecule has 2 rings (SSSR count). The van der Waals surface area contributed by atoms with Crippen LogP contribution in [0.2, 0.25) is 0 Å². The summed E-state index contributed by atoms with van der Waals surface area (Å²) >= 11 is 0. The quantitative estimate of drug-likeness (QED) is 0.790. The van der Waals surface area contributed by atoms with Crippen LogP contribution in [-0.4, -0.2) is 36.2 Å². The number of carbonyl (C=O) groups is 2. The first-order valence-electron chi connectivity index (χ1n) is 6.69. The molecule has 2 N–H and O–H groups in total. The average Bonchev–Trinajstić information content (AvgIpc) is 2.96. The van der Waals surface area contributed by atoms with Gasteiger partial charge in [-0.15, -0.1) is 0 Å². The van der Waals surface area contributed by atoms with Crippen molar-refractivity contribution in [2.24, 2.45) is 11.8 Å². The molecule has 0 bridgehead atoms. The van der Waals surface area contributed by atoms with Gasteiger partial charge in [-0.3, -0.25) is 9.59 Å². The van der Waals surface area contributed by atoms with E-state index < -0.39 is 11.9 Å². The zero-order valence-electron chi connectivity index (χ0n) is 10.7. The lowest BCUT2D eigenvalue weighted by molar-refractivity contribution is -0.146. The van der Waals surface area contributed by atoms with Gasteiger partial charge in [-0.1, -0.05) is 6.42 Å². The highest BCUT2D eigenvalue weighted by Gasteiger charge is 2.39. The fourth-order valence-electron chi connectivity index (χ4n) is 3.23. The molecular formula is C13H21NO4. The zero-order chi connectivity index (χ0) is 13.1. The number of rotatable bonds is 4. The molecule has 18 heavy (non-hydrogen) atoms. The standard InChI is InChI=1S/C13H21NO4/c1-18-11-7-3-6-10(11)14-12(15)8-4-2-5-9(8)13(16)17/h8-11H,2-7H2,1H3,(H,14,15)(H,16,17)/t8-,9+,10?,11?/m1/s1. The lowest BCUT2D eigenvalue weighted by Gasteiger charge is -2.23. The number of aliphatic carboxylic acids is 1. The minimum Gasteiger partial charge on any atom is -0.481 e. The van der Waals surface area contributed by atoms with E-state index in [-0.39, 0.29) is 24.0 Å². The first-order valence-corrected chi connectivity index (χ1v) is 6.69. The van der Waals surface area contributed by atoms with Crippen molar-refractivity contribution in [1.29, 1.82) is 0 Å². The lowest BCUT2D eigenvalue weighted by Crippen LogP contribution is -2.45. The summed E-state index contributed by atoms with van der Waals surface area (Å²) in [7, 11) is 1.66. The molecule has 1 amide bonds. The van der Waals surface area contributed by atoms with Gasteiger partial charge in [0.15, 0.2) is 0 Å². The number of amides is 1. The van der Waals surface area contributed by atoms with E-state index in [4.69, 9.17) is 9.84 Å². The van der Waals surface area contributed by atoms with Crippen LogP contribution in [0.5, 0.6) is 0 Å². The van der Waals surface area contributed by atoms with Gasteiger partial charge in [-0.05, 0) is 32.1 Å². The Hall–Kier alpha value is -1.10. The Morgan fingerprint density at radius 2 is 1.78 bits per heavy atom. The molecule has 102 valence electrons. The van der Waals surface area contributed by atoms with Gasteiger partial charge in [0, 0.05) is 7.11 Å². The summed E-state index contributed by atoms with van der Waals surface area (Å²) in [5.41, 5.74) is 0. The number of nitrogens with one attached hydrogen (secondary N) is 1. The smallest absolute Gasteiger partial charge is 0.307 e. The summed E-state index contributed by atoms with van der Waals surface area (Å²) < 4.78 is 5.33. The minimum atomic E-state index is -0.845. The van der Waals surface area contributed by atoms with Gasteiger partial charge < -0.3 is 15.2 Å². The Kier molecular flexibility index (Phi) is 4.22. The topological polar surface area (TPSA) is 75.6 Å². The number of carbonyl (C=O) groups excluding carboxylic acids is 1. The number of ether oxygens (including phenoxy) is 1. The molecular weight excluding hydrogens is 234 g/mol. The summed E-state index contributed by atoms with van der Waals surface area (Å²) in [6, 6.07) is 0.0533. The lowest BCUT2D eigenvalue weighted by atomic mass is 9.95. The molecule has 0 heterocycles. The van der Waals surface area contributed by atoms with E-state index in [0.717, 1.165) is 25.7 Å². The van der Waals surface area contributed by atoms with Crippen LogP contribution in [0.15, 0.2) is 0 Å². The van der Waals surface area contributed by atoms with Crippen LogP contribution >= 0.6 is 0 Å². The molecule has 0 aromatic heterocycles. The molecule has 5 nitrogen and oxygen atoms in total. The second kappa shape index (κ2) is 5.69. The second-order valence-electron chi connectivity index (χ2n) is 5.30. The largest absolute Gasteiger partial charge is 0.481 e. The molecule has 0 aliphatic heterocycles. The molecule has 4 atom stereocenters. The van der Waals surface area contributed by atoms with Crippen LogP contribution < -0.4 is 5.32 Å². The molecule has 0 saturated heterocycles. The molecule has 0 spiro atoms. The molecule has 2 fully saturated rings. The van der Waals surface area contributed by atoms with Gasteiger partial charge in [-0.25, -0.2) is 0 Å². The van der Waals surface area contributed by atoms with E-state index in [0.29, 0.717) is 12.8 Å². The van der Waals surface area contributed by atoms with Crippen molar-refractivity contribution in [2.45, 2.75) is 50.7 Å². The third-order valence-electron chi connectivity index (χ3n) is 4.25. The highest BCUT2D eigenvalue weighted by Crippen LogP contribution is 2.32. The molecule has 2 aliphatic carbocycles. The van der Waals surface area contributed by atoms with E-state index in [1.54, 1.807) is 7.11 Å². The summed E-state index contributed by atoms with van der Waals surface area (Å²) in [5.74, 6) is -1.82. The third kappa shape index (κ3) is 2.66. The summed E-state index contributed by atoms with van der Waals surface area (Å²) in [6.07, 6.45) is 5.16. The van der Waals surface area contributed by atoms with E-state index in [1.807, 2.05) is 0 Å². The minimum absolute atomic E-state index is 0.0533. The van der Waals surface area contributed by atoms with Crippen LogP contribution in [-0.2, 0) is 14.3 Å². The van der Waals surface area contributed by atoms with Gasteiger partial charge in [-0.2, -0.15) is 0 Å². The summed E-state index contributed by atoms with van der Waals surface area (Å²) in [4.78, 5) is 23.2. The van der Waals surface area contributed by atoms with Crippen molar-refractivity contribution < 1.29 is 19.4 Å². The summed E-state index contributed by atoms with van der Waals surface area (Å²) in [5, 5.41) is 12.1. The van der Waals surface area contributed by atoms with Crippen molar-refractivity contribution in [3.05, 3.63) is 0 Å². The Morgan fingerprint density at radius 1 is 1.11 bits per heavy atom. The van der Waals surface area contributed by atoms with E-state index in [1.165, 1.54) is 0 Å². The normalized spacial score (nSPS) is 35.6. The van der Waals surface area contributed by atoms with E-state index >= 15 is 0 Å². The van der Waals surface area contributed by atoms with Gasteiger partial charge in [0.05, 0.1) is 24.0 Å². The van der Waals surface area contributed by atoms with Crippen LogP contribution in [0.4, 0.5) is 0 Å². The van der Waals surface area contributed by atoms with Crippen molar-refractivity contribution in [1.82, 2.24) is 5.32 Å². The molecule has 0 radical (unpaired) electrons. The maximum Gasteiger partial charge on any atom is 0.307 e. The van der Waals surface area contributed by atoms with Gasteiger partial charge in [0.25, 0.3) is 0 Å². The average molecular weight is 255 g/mol. The van der Waals surface area contributed by atoms with Crippen LogP contribution in [0.25, 0.3) is 0 Å². The highest BCUT2D eigenvalue weighted by molar-refractivity contribution is 5.85. The van der Waals surface area contributed by atoms with Crippen LogP contribution in [0, 0.1) is 11.8 Å². The van der Waals surface area contributed by atoms with Gasteiger partial charge >= 0.3 is 5.97 Å². The van der Waals surface area contributed by atoms with E-state index in [2.05, 4.69) is 5.32 Å². The predicted molar refractivity (Wildman–Crippen MR) is 65.0 cm³/mol. The van der Waals surface area contributed by atoms with Crippen molar-refractivity contribution in [3.8, 4) is 0 Å². The Balaban J connectivity index is 1.93. The zero-order valence-corrected chi connectivity index (χ0v) is 10.7. The maximum absolute atomic E-state index is 12.1. The fourth-order valence-corrected chi connectivity index (χ4v) is 3.23. The fraction of sp³-hybridized carbons (Fsp3) is 0.846. The van der Waals surface area contributed by atoms with Gasteiger partial charge in [0.1, 0.15) is 0 Å². The Bertz CT molecular complexity index is 331. The molecule has 0 aromatic rings. The highest BCUT2D eigenvalue weighted by atomic mass is 16.5. The first-order chi connectivity index (χ1) is 8.63. The Labute approximate surface area is 107 Å². The van der Waals surface area contributed by atoms with Crippen LogP contribution in [0.3, 0.4) is 0 Å². The molecule has 5 heteroatoms. The SMILES string of the molecule is COC1CCCC1NC(=O)[C@@H]1CCC[C@@H]1C(=O)O. The predicted octanol–water partition coefficient (Wildman–Crippen LogP) is 1.17. The molecule has 2 saturated carbocycles. The molecule has 0 aromatic carbocycles. The molecule has 2 unspecified atom stereocenters. The van der Waals surface area contributed by atoms with Crippen LogP contribution in [0.1, 0.15) is 38.5 Å². The van der Waals surface area contributed by atoms with Crippen molar-refractivity contribution in [3.63, 3.8) is 0 Å². The monoisotopic (exact) mass is 255 g/mol. The number of hydrogen-bond acceptors (Lipinski definition) is 3. The van der Waals surface area contributed by atoms with Crippen molar-refractivity contribution >= 4 is 11.9 Å². The second-order valence-corrected chi connectivity index (χ2v) is 5.30. The number of carboxylic acid groups (broad SMARTS) is 1. The maximum atomic E-state index is 12.1. The molecule has 2 aliphatic rings. The number of hydrogen-bond donors (Lipinski definition) is 2. The summed E-state index contributed by atoms with van der Waals surface area (Å²) in [6.45, 7) is 0. The number of carboxylic acids is 1. The third-order valence-corrected chi connectivity index (χ3v) is 4.25. The number of methoxy groups -OCH3 is 1. The van der Waals surface area contributed by atoms with E-state index in [9.17, 15) is 9.59 Å².